The number of hydrogen-bond acceptors (Lipinski definition) is 5. The zero-order valence-corrected chi connectivity index (χ0v) is 12.6. The molecule has 3 aromatic rings. The van der Waals surface area contributed by atoms with Crippen LogP contribution in [0.15, 0.2) is 54.1 Å². The van der Waals surface area contributed by atoms with Gasteiger partial charge in [-0.1, -0.05) is 0 Å². The van der Waals surface area contributed by atoms with E-state index < -0.39 is 4.92 Å². The van der Waals surface area contributed by atoms with Gasteiger partial charge in [0.15, 0.2) is 0 Å². The van der Waals surface area contributed by atoms with Crippen LogP contribution in [0.1, 0.15) is 5.56 Å². The molecule has 114 valence electrons. The Morgan fingerprint density at radius 3 is 2.74 bits per heavy atom. The van der Waals surface area contributed by atoms with Crippen LogP contribution in [0, 0.1) is 10.1 Å². The Labute approximate surface area is 135 Å². The summed E-state index contributed by atoms with van der Waals surface area (Å²) in [7, 11) is 0. The van der Waals surface area contributed by atoms with E-state index in [1.807, 2.05) is 18.2 Å². The van der Waals surface area contributed by atoms with Crippen LogP contribution in [-0.4, -0.2) is 15.8 Å². The first-order chi connectivity index (χ1) is 11.1. The number of nitrogens with one attached hydrogen (secondary N) is 1. The van der Waals surface area contributed by atoms with Gasteiger partial charge in [0, 0.05) is 23.9 Å². The number of thiazole rings is 1. The molecule has 1 aromatic heterocycles. The predicted octanol–water partition coefficient (Wildman–Crippen LogP) is 3.86. The van der Waals surface area contributed by atoms with Gasteiger partial charge in [0.2, 0.25) is 5.91 Å². The largest absolute Gasteiger partial charge is 0.322 e. The van der Waals surface area contributed by atoms with E-state index in [9.17, 15) is 14.9 Å². The van der Waals surface area contributed by atoms with Crippen molar-refractivity contribution < 1.29 is 9.72 Å². The molecule has 1 amide bonds. The molecular formula is C16H11N3O3S. The first kappa shape index (κ1) is 14.9. The summed E-state index contributed by atoms with van der Waals surface area (Å²) in [6.45, 7) is 0. The molecule has 3 rings (SSSR count). The number of aromatic nitrogens is 1. The number of nitro groups is 1. The Morgan fingerprint density at radius 1 is 1.22 bits per heavy atom. The van der Waals surface area contributed by atoms with Gasteiger partial charge < -0.3 is 5.32 Å². The third-order valence-corrected chi connectivity index (χ3v) is 3.94. The van der Waals surface area contributed by atoms with E-state index in [0.29, 0.717) is 11.3 Å². The topological polar surface area (TPSA) is 85.1 Å². The number of nitro benzene ring substituents is 1. The van der Waals surface area contributed by atoms with Crippen LogP contribution in [0.4, 0.5) is 11.4 Å². The number of anilines is 1. The number of nitrogens with zero attached hydrogens (tertiary/aromatic N) is 2. The second-order valence-electron chi connectivity index (χ2n) is 4.71. The summed E-state index contributed by atoms with van der Waals surface area (Å²) < 4.78 is 1.06. The summed E-state index contributed by atoms with van der Waals surface area (Å²) in [5.41, 5.74) is 3.99. The van der Waals surface area contributed by atoms with Crippen LogP contribution in [0.3, 0.4) is 0 Å². The van der Waals surface area contributed by atoms with Crippen molar-refractivity contribution in [3.05, 3.63) is 69.7 Å². The fourth-order valence-corrected chi connectivity index (χ4v) is 2.66. The third-order valence-electron chi connectivity index (χ3n) is 3.13. The zero-order valence-electron chi connectivity index (χ0n) is 11.8. The van der Waals surface area contributed by atoms with Crippen molar-refractivity contribution in [1.82, 2.24) is 4.98 Å². The standard InChI is InChI=1S/C16H11N3O3S/c20-16(8-3-11-1-5-13(6-2-11)19(21)22)18-12-4-7-15-14(9-12)17-10-23-15/h1-10H,(H,18,20). The lowest BCUT2D eigenvalue weighted by atomic mass is 10.2. The monoisotopic (exact) mass is 325 g/mol. The van der Waals surface area contributed by atoms with E-state index in [0.717, 1.165) is 10.2 Å². The van der Waals surface area contributed by atoms with Crippen molar-refractivity contribution in [2.45, 2.75) is 0 Å². The highest BCUT2D eigenvalue weighted by atomic mass is 32.1. The molecule has 0 fully saturated rings. The van der Waals surface area contributed by atoms with E-state index >= 15 is 0 Å². The number of rotatable bonds is 4. The van der Waals surface area contributed by atoms with Gasteiger partial charge in [0.1, 0.15) is 0 Å². The quantitative estimate of drug-likeness (QED) is 0.448. The van der Waals surface area contributed by atoms with Gasteiger partial charge in [-0.3, -0.25) is 14.9 Å². The average Bonchev–Trinajstić information content (AvgIpc) is 3.01. The van der Waals surface area contributed by atoms with Crippen LogP contribution in [0.5, 0.6) is 0 Å². The molecule has 0 saturated carbocycles. The van der Waals surface area contributed by atoms with Gasteiger partial charge in [-0.15, -0.1) is 11.3 Å². The highest BCUT2D eigenvalue weighted by molar-refractivity contribution is 7.16. The predicted molar refractivity (Wildman–Crippen MR) is 90.4 cm³/mol. The summed E-state index contributed by atoms with van der Waals surface area (Å²) in [6, 6.07) is 11.5. The molecule has 0 bridgehead atoms. The number of benzene rings is 2. The molecule has 1 N–H and O–H groups in total. The highest BCUT2D eigenvalue weighted by Gasteiger charge is 2.04. The minimum absolute atomic E-state index is 0.0168. The summed E-state index contributed by atoms with van der Waals surface area (Å²) in [5, 5.41) is 13.3. The van der Waals surface area contributed by atoms with E-state index in [-0.39, 0.29) is 11.6 Å². The molecule has 0 aliphatic rings. The zero-order chi connectivity index (χ0) is 16.2. The van der Waals surface area contributed by atoms with E-state index in [1.54, 1.807) is 23.7 Å². The lowest BCUT2D eigenvalue weighted by Crippen LogP contribution is -2.07. The molecule has 0 aliphatic heterocycles. The van der Waals surface area contributed by atoms with Crippen molar-refractivity contribution in [1.29, 1.82) is 0 Å². The lowest BCUT2D eigenvalue weighted by Gasteiger charge is -2.01. The average molecular weight is 325 g/mol. The summed E-state index contributed by atoms with van der Waals surface area (Å²) in [5.74, 6) is -0.280. The van der Waals surface area contributed by atoms with Crippen LogP contribution < -0.4 is 5.32 Å². The van der Waals surface area contributed by atoms with Gasteiger partial charge in [0.05, 0.1) is 20.7 Å². The number of carbonyl (C=O) groups excluding carboxylic acids is 1. The maximum atomic E-state index is 11.9. The fraction of sp³-hybridized carbons (Fsp3) is 0. The second kappa shape index (κ2) is 6.37. The van der Waals surface area contributed by atoms with Crippen LogP contribution >= 0.6 is 11.3 Å². The number of fused-ring (bicyclic) bond motifs is 1. The van der Waals surface area contributed by atoms with Crippen LogP contribution in [0.25, 0.3) is 16.3 Å². The SMILES string of the molecule is O=C(C=Cc1ccc([N+](=O)[O-])cc1)Nc1ccc2scnc2c1. The first-order valence-electron chi connectivity index (χ1n) is 6.68. The number of carbonyl (C=O) groups is 1. The van der Waals surface area contributed by atoms with E-state index in [2.05, 4.69) is 10.3 Å². The molecular weight excluding hydrogens is 314 g/mol. The molecule has 0 unspecified atom stereocenters. The molecule has 1 heterocycles. The van der Waals surface area contributed by atoms with Crippen molar-refractivity contribution in [3.63, 3.8) is 0 Å². The Morgan fingerprint density at radius 2 is 2.00 bits per heavy atom. The molecule has 23 heavy (non-hydrogen) atoms. The molecule has 0 spiro atoms. The Balaban J connectivity index is 1.67. The minimum atomic E-state index is -0.463. The smallest absolute Gasteiger partial charge is 0.269 e. The van der Waals surface area contributed by atoms with Crippen molar-refractivity contribution >= 4 is 44.9 Å². The van der Waals surface area contributed by atoms with Crippen LogP contribution in [0.2, 0.25) is 0 Å². The Bertz CT molecular complexity index is 900. The maximum Gasteiger partial charge on any atom is 0.269 e. The summed E-state index contributed by atoms with van der Waals surface area (Å²) >= 11 is 1.54. The van der Waals surface area contributed by atoms with E-state index in [4.69, 9.17) is 0 Å². The Hall–Kier alpha value is -3.06. The third kappa shape index (κ3) is 3.58. The van der Waals surface area contributed by atoms with Gasteiger partial charge >= 0.3 is 0 Å². The van der Waals surface area contributed by atoms with Gasteiger partial charge in [0.25, 0.3) is 5.69 Å². The number of non-ortho nitro benzene ring substituents is 1. The summed E-state index contributed by atoms with van der Waals surface area (Å²) in [4.78, 5) is 26.2. The molecule has 2 aromatic carbocycles. The number of amides is 1. The van der Waals surface area contributed by atoms with Crippen LogP contribution in [-0.2, 0) is 4.79 Å². The minimum Gasteiger partial charge on any atom is -0.322 e. The van der Waals surface area contributed by atoms with Crippen molar-refractivity contribution in [3.8, 4) is 0 Å². The van der Waals surface area contributed by atoms with Gasteiger partial charge in [-0.2, -0.15) is 0 Å². The molecule has 0 saturated heterocycles. The molecule has 0 aliphatic carbocycles. The van der Waals surface area contributed by atoms with E-state index in [1.165, 1.54) is 29.5 Å². The van der Waals surface area contributed by atoms with Gasteiger partial charge in [-0.25, -0.2) is 4.98 Å². The molecule has 0 atom stereocenters. The van der Waals surface area contributed by atoms with Crippen molar-refractivity contribution in [2.75, 3.05) is 5.32 Å². The maximum absolute atomic E-state index is 11.9. The number of hydrogen-bond donors (Lipinski definition) is 1. The molecule has 0 radical (unpaired) electrons. The first-order valence-corrected chi connectivity index (χ1v) is 7.56. The second-order valence-corrected chi connectivity index (χ2v) is 5.59. The molecule has 7 heteroatoms. The highest BCUT2D eigenvalue weighted by Crippen LogP contribution is 2.21. The molecule has 6 nitrogen and oxygen atoms in total. The summed E-state index contributed by atoms with van der Waals surface area (Å²) in [6.07, 6.45) is 2.98. The van der Waals surface area contributed by atoms with Gasteiger partial charge in [-0.05, 0) is 42.0 Å². The lowest BCUT2D eigenvalue weighted by molar-refractivity contribution is -0.384. The normalized spacial score (nSPS) is 11.0. The fourth-order valence-electron chi connectivity index (χ4n) is 2.00. The van der Waals surface area contributed by atoms with Crippen molar-refractivity contribution in [2.24, 2.45) is 0 Å². The Kier molecular flexibility index (Phi) is 4.11.